The van der Waals surface area contributed by atoms with Crippen LogP contribution in [0.5, 0.6) is 11.5 Å². The van der Waals surface area contributed by atoms with Crippen LogP contribution in [0.2, 0.25) is 0 Å². The van der Waals surface area contributed by atoms with Crippen molar-refractivity contribution in [2.45, 2.75) is 44.8 Å². The molecule has 24 heavy (non-hydrogen) atoms. The molecular weight excluding hydrogens is 302 g/mol. The molecule has 1 fully saturated rings. The molecule has 2 aliphatic rings. The summed E-state index contributed by atoms with van der Waals surface area (Å²) in [6, 6.07) is 7.05. The number of ether oxygens (including phenoxy) is 2. The molecule has 1 aromatic carbocycles. The van der Waals surface area contributed by atoms with E-state index in [2.05, 4.69) is 20.9 Å². The van der Waals surface area contributed by atoms with E-state index < -0.39 is 0 Å². The Morgan fingerprint density at radius 1 is 1.21 bits per heavy atom. The Bertz CT molecular complexity index is 762. The zero-order valence-corrected chi connectivity index (χ0v) is 14.5. The first-order valence-corrected chi connectivity index (χ1v) is 8.48. The first kappa shape index (κ1) is 15.4. The highest BCUT2D eigenvalue weighted by atomic mass is 16.5. The van der Waals surface area contributed by atoms with E-state index in [0.717, 1.165) is 30.3 Å². The lowest BCUT2D eigenvalue weighted by Gasteiger charge is -2.35. The minimum Gasteiger partial charge on any atom is -0.497 e. The van der Waals surface area contributed by atoms with Gasteiger partial charge in [-0.25, -0.2) is 9.97 Å². The first-order valence-electron chi connectivity index (χ1n) is 8.48. The number of hydrogen-bond acceptors (Lipinski definition) is 5. The summed E-state index contributed by atoms with van der Waals surface area (Å²) in [5.41, 5.74) is 3.75. The van der Waals surface area contributed by atoms with E-state index in [0.29, 0.717) is 12.1 Å². The minimum atomic E-state index is 0.422. The highest BCUT2D eigenvalue weighted by Crippen LogP contribution is 2.44. The SMILES string of the molecule is COc1ccc(CN2[C@H]3CC[C@@H]2c2cnc(C)nc2C3)c(OC)c1. The van der Waals surface area contributed by atoms with E-state index in [9.17, 15) is 0 Å². The third-order valence-corrected chi connectivity index (χ3v) is 5.30. The molecule has 4 rings (SSSR count). The molecule has 5 heteroatoms. The Balaban J connectivity index is 1.63. The van der Waals surface area contributed by atoms with E-state index in [-0.39, 0.29) is 0 Å². The normalized spacial score (nSPS) is 22.3. The highest BCUT2D eigenvalue weighted by Gasteiger charge is 2.40. The second-order valence-corrected chi connectivity index (χ2v) is 6.62. The molecule has 0 radical (unpaired) electrons. The maximum absolute atomic E-state index is 5.57. The number of aromatic nitrogens is 2. The predicted molar refractivity (Wildman–Crippen MR) is 91.3 cm³/mol. The average Bonchev–Trinajstić information content (AvgIpc) is 2.87. The molecule has 0 saturated carbocycles. The fraction of sp³-hybridized carbons (Fsp3) is 0.474. The van der Waals surface area contributed by atoms with Crippen LogP contribution in [0.4, 0.5) is 0 Å². The number of hydrogen-bond donors (Lipinski definition) is 0. The van der Waals surface area contributed by atoms with E-state index in [1.54, 1.807) is 14.2 Å². The van der Waals surface area contributed by atoms with Crippen LogP contribution in [0.1, 0.15) is 41.5 Å². The van der Waals surface area contributed by atoms with Crippen LogP contribution in [0.25, 0.3) is 0 Å². The van der Waals surface area contributed by atoms with Crippen LogP contribution in [0.3, 0.4) is 0 Å². The van der Waals surface area contributed by atoms with Gasteiger partial charge in [0.15, 0.2) is 0 Å². The third kappa shape index (κ3) is 2.53. The van der Waals surface area contributed by atoms with Crippen molar-refractivity contribution in [3.63, 3.8) is 0 Å². The third-order valence-electron chi connectivity index (χ3n) is 5.30. The fourth-order valence-electron chi connectivity index (χ4n) is 4.10. The van der Waals surface area contributed by atoms with Gasteiger partial charge in [-0.3, -0.25) is 4.90 Å². The van der Waals surface area contributed by atoms with Crippen molar-refractivity contribution in [2.75, 3.05) is 14.2 Å². The Morgan fingerprint density at radius 2 is 2.08 bits per heavy atom. The molecular formula is C19H23N3O2. The van der Waals surface area contributed by atoms with Crippen molar-refractivity contribution in [2.24, 2.45) is 0 Å². The van der Waals surface area contributed by atoms with E-state index >= 15 is 0 Å². The molecule has 2 atom stereocenters. The summed E-state index contributed by atoms with van der Waals surface area (Å²) in [6.07, 6.45) is 5.46. The van der Waals surface area contributed by atoms with Crippen molar-refractivity contribution in [3.05, 3.63) is 47.0 Å². The molecule has 5 nitrogen and oxygen atoms in total. The van der Waals surface area contributed by atoms with Crippen LogP contribution in [0, 0.1) is 6.92 Å². The van der Waals surface area contributed by atoms with Crippen LogP contribution in [-0.2, 0) is 13.0 Å². The topological polar surface area (TPSA) is 47.5 Å². The number of benzene rings is 1. The van der Waals surface area contributed by atoms with E-state index in [1.165, 1.54) is 29.7 Å². The zero-order chi connectivity index (χ0) is 16.7. The van der Waals surface area contributed by atoms with Crippen molar-refractivity contribution in [1.29, 1.82) is 0 Å². The fourth-order valence-corrected chi connectivity index (χ4v) is 4.10. The molecule has 0 aliphatic carbocycles. The lowest BCUT2D eigenvalue weighted by Crippen LogP contribution is -2.37. The molecule has 126 valence electrons. The minimum absolute atomic E-state index is 0.422. The number of nitrogens with zero attached hydrogens (tertiary/aromatic N) is 3. The Hall–Kier alpha value is -2.14. The maximum Gasteiger partial charge on any atom is 0.127 e. The molecule has 2 aromatic rings. The van der Waals surface area contributed by atoms with Crippen molar-refractivity contribution < 1.29 is 9.47 Å². The first-order chi connectivity index (χ1) is 11.7. The highest BCUT2D eigenvalue weighted by molar-refractivity contribution is 5.41. The molecule has 0 amide bonds. The summed E-state index contributed by atoms with van der Waals surface area (Å²) in [4.78, 5) is 11.7. The molecule has 0 N–H and O–H groups in total. The maximum atomic E-state index is 5.57. The lowest BCUT2D eigenvalue weighted by molar-refractivity contribution is 0.164. The van der Waals surface area contributed by atoms with Crippen molar-refractivity contribution in [3.8, 4) is 11.5 Å². The van der Waals surface area contributed by atoms with Gasteiger partial charge in [0.05, 0.1) is 19.9 Å². The van der Waals surface area contributed by atoms with Gasteiger partial charge < -0.3 is 9.47 Å². The van der Waals surface area contributed by atoms with E-state index in [4.69, 9.17) is 9.47 Å². The summed E-state index contributed by atoms with van der Waals surface area (Å²) >= 11 is 0. The van der Waals surface area contributed by atoms with Crippen LogP contribution in [0.15, 0.2) is 24.4 Å². The Labute approximate surface area is 142 Å². The van der Waals surface area contributed by atoms with Gasteiger partial charge in [-0.05, 0) is 25.8 Å². The van der Waals surface area contributed by atoms with Crippen molar-refractivity contribution in [1.82, 2.24) is 14.9 Å². The summed E-state index contributed by atoms with van der Waals surface area (Å²) < 4.78 is 10.9. The van der Waals surface area contributed by atoms with Gasteiger partial charge in [0.2, 0.25) is 0 Å². The number of fused-ring (bicyclic) bond motifs is 4. The molecule has 1 aromatic heterocycles. The van der Waals surface area contributed by atoms with Gasteiger partial charge in [-0.1, -0.05) is 6.07 Å². The predicted octanol–water partition coefficient (Wildman–Crippen LogP) is 3.06. The molecule has 2 aliphatic heterocycles. The summed E-state index contributed by atoms with van der Waals surface area (Å²) in [5.74, 6) is 2.59. The van der Waals surface area contributed by atoms with Crippen LogP contribution in [-0.4, -0.2) is 35.1 Å². The van der Waals surface area contributed by atoms with Gasteiger partial charge in [-0.15, -0.1) is 0 Å². The molecule has 2 bridgehead atoms. The summed E-state index contributed by atoms with van der Waals surface area (Å²) in [6.45, 7) is 2.85. The Kier molecular flexibility index (Phi) is 3.88. The Morgan fingerprint density at radius 3 is 2.88 bits per heavy atom. The van der Waals surface area contributed by atoms with Crippen LogP contribution < -0.4 is 9.47 Å². The number of methoxy groups -OCH3 is 2. The van der Waals surface area contributed by atoms with Gasteiger partial charge in [0.1, 0.15) is 17.3 Å². The van der Waals surface area contributed by atoms with Gasteiger partial charge in [0, 0.05) is 48.4 Å². The number of rotatable bonds is 4. The molecule has 0 unspecified atom stereocenters. The summed E-state index contributed by atoms with van der Waals surface area (Å²) in [5, 5.41) is 0. The second-order valence-electron chi connectivity index (χ2n) is 6.62. The second kappa shape index (κ2) is 6.06. The lowest BCUT2D eigenvalue weighted by atomic mass is 9.98. The average molecular weight is 325 g/mol. The monoisotopic (exact) mass is 325 g/mol. The van der Waals surface area contributed by atoms with Gasteiger partial charge in [-0.2, -0.15) is 0 Å². The standard InChI is InChI=1S/C19H23N3O2/c1-12-20-10-16-17(21-12)8-14-5-7-18(16)22(14)11-13-4-6-15(23-2)9-19(13)24-3/h4,6,9-10,14,18H,5,7-8,11H2,1-3H3/t14-,18+/m0/s1. The van der Waals surface area contributed by atoms with Crippen molar-refractivity contribution >= 4 is 0 Å². The van der Waals surface area contributed by atoms with Gasteiger partial charge in [0.25, 0.3) is 0 Å². The molecule has 0 spiro atoms. The van der Waals surface area contributed by atoms with Gasteiger partial charge >= 0.3 is 0 Å². The number of aryl methyl sites for hydroxylation is 1. The summed E-state index contributed by atoms with van der Waals surface area (Å²) in [7, 11) is 3.40. The molecule has 1 saturated heterocycles. The quantitative estimate of drug-likeness (QED) is 0.864. The van der Waals surface area contributed by atoms with Crippen LogP contribution >= 0.6 is 0 Å². The zero-order valence-electron chi connectivity index (χ0n) is 14.5. The van der Waals surface area contributed by atoms with E-state index in [1.807, 2.05) is 25.3 Å². The largest absolute Gasteiger partial charge is 0.497 e. The smallest absolute Gasteiger partial charge is 0.127 e. The molecule has 3 heterocycles.